The number of rotatable bonds is 8. The third-order valence-electron chi connectivity index (χ3n) is 4.79. The summed E-state index contributed by atoms with van der Waals surface area (Å²) in [7, 11) is -3.58. The third-order valence-corrected chi connectivity index (χ3v) is 6.86. The molecule has 3 rings (SSSR count). The van der Waals surface area contributed by atoms with Crippen LogP contribution >= 0.6 is 0 Å². The Balaban J connectivity index is 1.76. The molecule has 1 aliphatic rings. The van der Waals surface area contributed by atoms with Crippen LogP contribution in [-0.4, -0.2) is 43.7 Å². The number of hydrogen-bond acceptors (Lipinski definition) is 4. The normalized spacial score (nSPS) is 13.9. The van der Waals surface area contributed by atoms with Crippen LogP contribution in [0.4, 0.5) is 5.69 Å². The smallest absolute Gasteiger partial charge is 0.255 e. The number of anilines is 1. The molecule has 1 fully saturated rings. The van der Waals surface area contributed by atoms with E-state index < -0.39 is 15.9 Å². The molecule has 0 unspecified atom stereocenters. The van der Waals surface area contributed by atoms with Crippen molar-refractivity contribution in [2.45, 2.75) is 37.6 Å². The van der Waals surface area contributed by atoms with Crippen molar-refractivity contribution in [3.05, 3.63) is 59.7 Å². The maximum absolute atomic E-state index is 12.6. The Morgan fingerprint density at radius 1 is 0.966 bits per heavy atom. The predicted octanol–water partition coefficient (Wildman–Crippen LogP) is 2.86. The molecule has 2 aromatic carbocycles. The first-order valence-electron chi connectivity index (χ1n) is 9.68. The molecular weight excluding hydrogens is 390 g/mol. The van der Waals surface area contributed by atoms with Crippen molar-refractivity contribution >= 4 is 27.5 Å². The van der Waals surface area contributed by atoms with E-state index in [2.05, 4.69) is 10.6 Å². The minimum Gasteiger partial charge on any atom is -0.349 e. The Kier molecular flexibility index (Phi) is 6.34. The van der Waals surface area contributed by atoms with Gasteiger partial charge in [0.05, 0.1) is 16.1 Å². The van der Waals surface area contributed by atoms with Crippen LogP contribution in [0.2, 0.25) is 0 Å². The Morgan fingerprint density at radius 2 is 1.59 bits per heavy atom. The van der Waals surface area contributed by atoms with Gasteiger partial charge in [-0.2, -0.15) is 4.31 Å². The second-order valence-corrected chi connectivity index (χ2v) is 8.80. The van der Waals surface area contributed by atoms with Crippen LogP contribution in [0.25, 0.3) is 0 Å². The molecule has 2 aromatic rings. The molecule has 0 bridgehead atoms. The molecule has 154 valence electrons. The first kappa shape index (κ1) is 21.0. The van der Waals surface area contributed by atoms with Crippen molar-refractivity contribution in [3.63, 3.8) is 0 Å². The van der Waals surface area contributed by atoms with Gasteiger partial charge in [-0.15, -0.1) is 0 Å². The maximum Gasteiger partial charge on any atom is 0.255 e. The second kappa shape index (κ2) is 8.75. The van der Waals surface area contributed by atoms with Crippen molar-refractivity contribution in [2.75, 3.05) is 18.4 Å². The van der Waals surface area contributed by atoms with Gasteiger partial charge in [0, 0.05) is 24.7 Å². The van der Waals surface area contributed by atoms with Crippen molar-refractivity contribution < 1.29 is 18.0 Å². The quantitative estimate of drug-likeness (QED) is 0.693. The van der Waals surface area contributed by atoms with Crippen molar-refractivity contribution in [1.82, 2.24) is 9.62 Å². The van der Waals surface area contributed by atoms with Gasteiger partial charge < -0.3 is 10.6 Å². The highest BCUT2D eigenvalue weighted by Crippen LogP contribution is 2.22. The molecule has 0 saturated heterocycles. The number of carbonyl (C=O) groups is 2. The lowest BCUT2D eigenvalue weighted by molar-refractivity contribution is 0.0952. The lowest BCUT2D eigenvalue weighted by Crippen LogP contribution is -2.30. The van der Waals surface area contributed by atoms with Crippen LogP contribution in [0.5, 0.6) is 0 Å². The van der Waals surface area contributed by atoms with Gasteiger partial charge in [-0.25, -0.2) is 8.42 Å². The molecule has 1 aliphatic carbocycles. The lowest BCUT2D eigenvalue weighted by Gasteiger charge is -2.18. The minimum absolute atomic E-state index is 0.141. The summed E-state index contributed by atoms with van der Waals surface area (Å²) in [5, 5.41) is 5.65. The van der Waals surface area contributed by atoms with Crippen molar-refractivity contribution in [2.24, 2.45) is 0 Å². The van der Waals surface area contributed by atoms with E-state index in [0.717, 1.165) is 12.8 Å². The summed E-state index contributed by atoms with van der Waals surface area (Å²) in [6.45, 7) is 4.31. The topological polar surface area (TPSA) is 95.6 Å². The molecule has 2 amide bonds. The number of para-hydroxylation sites is 1. The van der Waals surface area contributed by atoms with E-state index in [1.165, 1.54) is 28.6 Å². The zero-order valence-electron chi connectivity index (χ0n) is 16.5. The van der Waals surface area contributed by atoms with Crippen LogP contribution in [0.1, 0.15) is 47.4 Å². The Hall–Kier alpha value is -2.71. The molecule has 2 N–H and O–H groups in total. The van der Waals surface area contributed by atoms with Gasteiger partial charge in [-0.1, -0.05) is 26.0 Å². The van der Waals surface area contributed by atoms with Gasteiger partial charge in [0.15, 0.2) is 0 Å². The number of nitrogens with zero attached hydrogens (tertiary/aromatic N) is 1. The summed E-state index contributed by atoms with van der Waals surface area (Å²) in [5.74, 6) is -0.632. The Labute approximate surface area is 171 Å². The van der Waals surface area contributed by atoms with Crippen LogP contribution in [-0.2, 0) is 10.0 Å². The third kappa shape index (κ3) is 4.83. The molecule has 0 radical (unpaired) electrons. The van der Waals surface area contributed by atoms with E-state index in [9.17, 15) is 18.0 Å². The van der Waals surface area contributed by atoms with E-state index in [-0.39, 0.29) is 16.8 Å². The van der Waals surface area contributed by atoms with Gasteiger partial charge in [-0.05, 0) is 49.2 Å². The van der Waals surface area contributed by atoms with Crippen LogP contribution in [0.3, 0.4) is 0 Å². The Bertz CT molecular complexity index is 995. The number of amides is 2. The fraction of sp³-hybridized carbons (Fsp3) is 0.333. The van der Waals surface area contributed by atoms with Gasteiger partial charge in [0.2, 0.25) is 10.0 Å². The standard InChI is InChI=1S/C21H25N3O4S/c1-3-24(4-2)29(27,28)17-13-9-15(10-14-17)20(25)23-19-8-6-5-7-18(19)21(26)22-16-11-12-16/h5-10,13-14,16H,3-4,11-12H2,1-2H3,(H,22,26)(H,23,25). The Morgan fingerprint density at radius 3 is 2.17 bits per heavy atom. The van der Waals surface area contributed by atoms with Crippen LogP contribution in [0.15, 0.2) is 53.4 Å². The molecule has 0 atom stereocenters. The van der Waals surface area contributed by atoms with Crippen molar-refractivity contribution in [3.8, 4) is 0 Å². The molecule has 29 heavy (non-hydrogen) atoms. The maximum atomic E-state index is 12.6. The molecule has 0 aromatic heterocycles. The van der Waals surface area contributed by atoms with Crippen LogP contribution in [0, 0.1) is 0 Å². The summed E-state index contributed by atoms with van der Waals surface area (Å²) in [6.07, 6.45) is 1.95. The highest BCUT2D eigenvalue weighted by atomic mass is 32.2. The average molecular weight is 416 g/mol. The van der Waals surface area contributed by atoms with Gasteiger partial charge >= 0.3 is 0 Å². The second-order valence-electron chi connectivity index (χ2n) is 6.86. The van der Waals surface area contributed by atoms with Gasteiger partial charge in [0.25, 0.3) is 11.8 Å². The number of nitrogens with one attached hydrogen (secondary N) is 2. The van der Waals surface area contributed by atoms with E-state index in [1.807, 2.05) is 0 Å². The largest absolute Gasteiger partial charge is 0.349 e. The summed E-state index contributed by atoms with van der Waals surface area (Å²) in [6, 6.07) is 12.8. The number of sulfonamides is 1. The fourth-order valence-corrected chi connectivity index (χ4v) is 4.42. The SMILES string of the molecule is CCN(CC)S(=O)(=O)c1ccc(C(=O)Nc2ccccc2C(=O)NC2CC2)cc1. The van der Waals surface area contributed by atoms with E-state index >= 15 is 0 Å². The zero-order valence-corrected chi connectivity index (χ0v) is 17.3. The van der Waals surface area contributed by atoms with E-state index in [1.54, 1.807) is 38.1 Å². The van der Waals surface area contributed by atoms with Crippen LogP contribution < -0.4 is 10.6 Å². The van der Waals surface area contributed by atoms with E-state index in [0.29, 0.717) is 29.9 Å². The number of hydrogen-bond donors (Lipinski definition) is 2. The highest BCUT2D eigenvalue weighted by molar-refractivity contribution is 7.89. The molecule has 0 aliphatic heterocycles. The zero-order chi connectivity index (χ0) is 21.0. The molecule has 0 heterocycles. The summed E-state index contributed by atoms with van der Waals surface area (Å²) < 4.78 is 26.5. The van der Waals surface area contributed by atoms with Crippen molar-refractivity contribution in [1.29, 1.82) is 0 Å². The summed E-state index contributed by atoms with van der Waals surface area (Å²) >= 11 is 0. The van der Waals surface area contributed by atoms with Gasteiger partial charge in [0.1, 0.15) is 0 Å². The predicted molar refractivity (Wildman–Crippen MR) is 111 cm³/mol. The lowest BCUT2D eigenvalue weighted by atomic mass is 10.1. The average Bonchev–Trinajstić information content (AvgIpc) is 3.53. The van der Waals surface area contributed by atoms with E-state index in [4.69, 9.17) is 0 Å². The molecule has 1 saturated carbocycles. The molecule has 0 spiro atoms. The minimum atomic E-state index is -3.58. The molecular formula is C21H25N3O4S. The fourth-order valence-electron chi connectivity index (χ4n) is 2.97. The van der Waals surface area contributed by atoms with Gasteiger partial charge in [-0.3, -0.25) is 9.59 Å². The summed E-state index contributed by atoms with van der Waals surface area (Å²) in [4.78, 5) is 25.1. The monoisotopic (exact) mass is 415 g/mol. The first-order valence-corrected chi connectivity index (χ1v) is 11.1. The first-order chi connectivity index (χ1) is 13.9. The number of benzene rings is 2. The molecule has 8 heteroatoms. The number of carbonyl (C=O) groups excluding carboxylic acids is 2. The molecule has 7 nitrogen and oxygen atoms in total. The summed E-state index contributed by atoms with van der Waals surface area (Å²) in [5.41, 5.74) is 1.12. The highest BCUT2D eigenvalue weighted by Gasteiger charge is 2.25.